The molecule has 0 saturated heterocycles. The summed E-state index contributed by atoms with van der Waals surface area (Å²) in [7, 11) is 0. The zero-order valence-electron chi connectivity index (χ0n) is 11.6. The van der Waals surface area contributed by atoms with E-state index in [1.165, 1.54) is 15.9 Å². The first-order valence-electron chi connectivity index (χ1n) is 6.52. The first kappa shape index (κ1) is 14.8. The first-order chi connectivity index (χ1) is 10.7. The van der Waals surface area contributed by atoms with Crippen molar-refractivity contribution in [3.8, 4) is 0 Å². The Hall–Kier alpha value is -2.13. The second kappa shape index (κ2) is 6.32. The predicted octanol–water partition coefficient (Wildman–Crippen LogP) is 2.20. The second-order valence-electron chi connectivity index (χ2n) is 4.28. The molecule has 0 spiro atoms. The van der Waals surface area contributed by atoms with E-state index in [-0.39, 0.29) is 12.5 Å². The molecule has 3 rings (SSSR count). The van der Waals surface area contributed by atoms with E-state index in [2.05, 4.69) is 15.5 Å². The lowest BCUT2D eigenvalue weighted by atomic mass is 10.3. The number of fused-ring (bicyclic) bond motifs is 1. The zero-order chi connectivity index (χ0) is 15.5. The van der Waals surface area contributed by atoms with Crippen molar-refractivity contribution < 1.29 is 9.21 Å². The molecule has 0 fully saturated rings. The summed E-state index contributed by atoms with van der Waals surface area (Å²) in [6.07, 6.45) is 0. The molecule has 0 atom stereocenters. The second-order valence-corrected chi connectivity index (χ2v) is 6.76. The lowest BCUT2D eigenvalue weighted by Gasteiger charge is -2.01. The molecule has 1 N–H and O–H groups in total. The highest BCUT2D eigenvalue weighted by Crippen LogP contribution is 2.24. The van der Waals surface area contributed by atoms with Gasteiger partial charge in [-0.05, 0) is 17.9 Å². The fourth-order valence-corrected chi connectivity index (χ4v) is 3.57. The number of anilines is 1. The molecule has 2 aromatic heterocycles. The van der Waals surface area contributed by atoms with E-state index in [1.54, 1.807) is 36.0 Å². The van der Waals surface area contributed by atoms with Gasteiger partial charge in [0.25, 0.3) is 0 Å². The fraction of sp³-hybridized carbons (Fsp3) is 0.231. The van der Waals surface area contributed by atoms with Gasteiger partial charge < -0.3 is 4.42 Å². The van der Waals surface area contributed by atoms with Gasteiger partial charge in [-0.2, -0.15) is 0 Å². The van der Waals surface area contributed by atoms with Gasteiger partial charge in [-0.15, -0.1) is 10.2 Å². The van der Waals surface area contributed by atoms with Crippen molar-refractivity contribution in [1.29, 1.82) is 0 Å². The maximum absolute atomic E-state index is 12.1. The van der Waals surface area contributed by atoms with Crippen LogP contribution in [0.1, 0.15) is 6.92 Å². The highest BCUT2D eigenvalue weighted by molar-refractivity contribution is 8.01. The number of rotatable bonds is 5. The van der Waals surface area contributed by atoms with Crippen molar-refractivity contribution in [2.45, 2.75) is 17.8 Å². The summed E-state index contributed by atoms with van der Waals surface area (Å²) in [6.45, 7) is 1.88. The van der Waals surface area contributed by atoms with Crippen LogP contribution in [-0.2, 0) is 11.3 Å². The molecule has 7 nitrogen and oxygen atoms in total. The molecule has 114 valence electrons. The molecule has 0 bridgehead atoms. The number of oxazole rings is 1. The van der Waals surface area contributed by atoms with E-state index in [9.17, 15) is 9.59 Å². The summed E-state index contributed by atoms with van der Waals surface area (Å²) in [5, 5.41) is 10.9. The number of nitrogens with zero attached hydrogens (tertiary/aromatic N) is 3. The van der Waals surface area contributed by atoms with Gasteiger partial charge in [0.1, 0.15) is 6.54 Å². The number of amides is 1. The minimum Gasteiger partial charge on any atom is -0.408 e. The van der Waals surface area contributed by atoms with Crippen LogP contribution in [0.2, 0.25) is 0 Å². The molecule has 0 unspecified atom stereocenters. The molecule has 22 heavy (non-hydrogen) atoms. The average Bonchev–Trinajstić information content (AvgIpc) is 3.05. The van der Waals surface area contributed by atoms with E-state index >= 15 is 0 Å². The number of thioether (sulfide) groups is 1. The fourth-order valence-electron chi connectivity index (χ4n) is 1.91. The van der Waals surface area contributed by atoms with Gasteiger partial charge in [0.05, 0.1) is 5.52 Å². The molecule has 0 aliphatic heterocycles. The highest BCUT2D eigenvalue weighted by atomic mass is 32.2. The summed E-state index contributed by atoms with van der Waals surface area (Å²) >= 11 is 2.86. The topological polar surface area (TPSA) is 90.0 Å². The summed E-state index contributed by atoms with van der Waals surface area (Å²) in [5.74, 6) is -0.0207. The monoisotopic (exact) mass is 336 g/mol. The van der Waals surface area contributed by atoms with E-state index in [4.69, 9.17) is 4.42 Å². The maximum atomic E-state index is 12.1. The average molecular weight is 336 g/mol. The Morgan fingerprint density at radius 1 is 1.41 bits per heavy atom. The van der Waals surface area contributed by atoms with Crippen LogP contribution in [0.3, 0.4) is 0 Å². The van der Waals surface area contributed by atoms with E-state index in [0.29, 0.717) is 16.2 Å². The molecule has 1 amide bonds. The van der Waals surface area contributed by atoms with Crippen molar-refractivity contribution in [2.75, 3.05) is 11.1 Å². The van der Waals surface area contributed by atoms with E-state index < -0.39 is 5.76 Å². The van der Waals surface area contributed by atoms with Gasteiger partial charge in [-0.25, -0.2) is 4.79 Å². The maximum Gasteiger partial charge on any atom is 0.420 e. The Bertz CT molecular complexity index is 867. The van der Waals surface area contributed by atoms with Gasteiger partial charge in [0, 0.05) is 0 Å². The molecule has 0 saturated carbocycles. The number of nitrogens with one attached hydrogen (secondary N) is 1. The Balaban J connectivity index is 1.75. The Labute approximate surface area is 133 Å². The standard InChI is InChI=1S/C13H12N4O3S2/c1-2-21-12-16-15-11(22-12)14-10(18)7-17-8-5-3-4-6-9(8)20-13(17)19/h3-6H,2,7H2,1H3,(H,14,15,18). The largest absolute Gasteiger partial charge is 0.420 e. The van der Waals surface area contributed by atoms with Crippen LogP contribution in [-0.4, -0.2) is 26.4 Å². The quantitative estimate of drug-likeness (QED) is 0.567. The molecule has 9 heteroatoms. The van der Waals surface area contributed by atoms with Crippen molar-refractivity contribution in [2.24, 2.45) is 0 Å². The van der Waals surface area contributed by atoms with Crippen molar-refractivity contribution >= 4 is 45.2 Å². The van der Waals surface area contributed by atoms with Crippen LogP contribution in [0.4, 0.5) is 5.13 Å². The van der Waals surface area contributed by atoms with Crippen LogP contribution in [0.15, 0.2) is 37.8 Å². The molecule has 0 aliphatic carbocycles. The van der Waals surface area contributed by atoms with Crippen LogP contribution < -0.4 is 11.1 Å². The smallest absolute Gasteiger partial charge is 0.408 e. The Morgan fingerprint density at radius 3 is 3.05 bits per heavy atom. The zero-order valence-corrected chi connectivity index (χ0v) is 13.2. The summed E-state index contributed by atoms with van der Waals surface area (Å²) in [4.78, 5) is 23.9. The van der Waals surface area contributed by atoms with Crippen molar-refractivity contribution in [1.82, 2.24) is 14.8 Å². The summed E-state index contributed by atoms with van der Waals surface area (Å²) in [5.41, 5.74) is 1.04. The Morgan fingerprint density at radius 2 is 2.23 bits per heavy atom. The highest BCUT2D eigenvalue weighted by Gasteiger charge is 2.14. The van der Waals surface area contributed by atoms with Crippen LogP contribution >= 0.6 is 23.1 Å². The minimum atomic E-state index is -0.559. The summed E-state index contributed by atoms with van der Waals surface area (Å²) in [6, 6.07) is 6.97. The number of carbonyl (C=O) groups excluding carboxylic acids is 1. The van der Waals surface area contributed by atoms with Crippen LogP contribution in [0, 0.1) is 0 Å². The molecule has 2 heterocycles. The molecule has 0 radical (unpaired) electrons. The van der Waals surface area contributed by atoms with Gasteiger partial charge in [0.15, 0.2) is 9.92 Å². The number of hydrogen-bond acceptors (Lipinski definition) is 7. The minimum absolute atomic E-state index is 0.133. The molecular formula is C13H12N4O3S2. The van der Waals surface area contributed by atoms with Crippen molar-refractivity contribution in [3.05, 3.63) is 34.8 Å². The van der Waals surface area contributed by atoms with E-state index in [0.717, 1.165) is 10.1 Å². The molecule has 1 aromatic carbocycles. The predicted molar refractivity (Wildman–Crippen MR) is 85.4 cm³/mol. The third kappa shape index (κ3) is 3.04. The SMILES string of the molecule is CCSc1nnc(NC(=O)Cn2c(=O)oc3ccccc32)s1. The number of hydrogen-bond donors (Lipinski definition) is 1. The lowest BCUT2D eigenvalue weighted by Crippen LogP contribution is -2.24. The molecule has 0 aliphatic rings. The number of para-hydroxylation sites is 2. The van der Waals surface area contributed by atoms with E-state index in [1.807, 2.05) is 6.92 Å². The van der Waals surface area contributed by atoms with Crippen LogP contribution in [0.5, 0.6) is 0 Å². The lowest BCUT2D eigenvalue weighted by molar-refractivity contribution is -0.116. The van der Waals surface area contributed by atoms with Crippen LogP contribution in [0.25, 0.3) is 11.1 Å². The number of carbonyl (C=O) groups is 1. The summed E-state index contributed by atoms with van der Waals surface area (Å²) < 4.78 is 7.17. The third-order valence-electron chi connectivity index (χ3n) is 2.80. The molecule has 3 aromatic rings. The van der Waals surface area contributed by atoms with Gasteiger partial charge in [-0.3, -0.25) is 14.7 Å². The number of aromatic nitrogens is 3. The van der Waals surface area contributed by atoms with Gasteiger partial charge in [-0.1, -0.05) is 42.2 Å². The van der Waals surface area contributed by atoms with Crippen molar-refractivity contribution in [3.63, 3.8) is 0 Å². The Kier molecular flexibility index (Phi) is 4.25. The van der Waals surface area contributed by atoms with Gasteiger partial charge in [0.2, 0.25) is 11.0 Å². The first-order valence-corrected chi connectivity index (χ1v) is 8.32. The number of benzene rings is 1. The molecular weight excluding hydrogens is 324 g/mol. The normalized spacial score (nSPS) is 11.0. The van der Waals surface area contributed by atoms with Gasteiger partial charge >= 0.3 is 5.76 Å². The third-order valence-corrected chi connectivity index (χ3v) is 4.65.